The van der Waals surface area contributed by atoms with E-state index in [4.69, 9.17) is 9.47 Å². The molecule has 0 radical (unpaired) electrons. The van der Waals surface area contributed by atoms with Gasteiger partial charge in [0.25, 0.3) is 5.91 Å². The van der Waals surface area contributed by atoms with E-state index in [9.17, 15) is 4.79 Å². The normalized spacial score (nSPS) is 12.6. The second kappa shape index (κ2) is 4.48. The number of carbonyl (C=O) groups excluding carboxylic acids is 1. The predicted molar refractivity (Wildman–Crippen MR) is 73.5 cm³/mol. The zero-order valence-corrected chi connectivity index (χ0v) is 10.8. The highest BCUT2D eigenvalue weighted by atomic mass is 16.7. The number of aromatic nitrogens is 3. The maximum Gasteiger partial charge on any atom is 0.255 e. The molecule has 0 saturated carbocycles. The van der Waals surface area contributed by atoms with Gasteiger partial charge in [-0.05, 0) is 30.3 Å². The molecule has 1 amide bonds. The monoisotopic (exact) mass is 282 g/mol. The Morgan fingerprint density at radius 1 is 1.19 bits per heavy atom. The number of anilines is 1. The van der Waals surface area contributed by atoms with Crippen LogP contribution in [0.25, 0.3) is 5.65 Å². The van der Waals surface area contributed by atoms with Crippen molar-refractivity contribution in [3.05, 3.63) is 48.4 Å². The Morgan fingerprint density at radius 3 is 3.05 bits per heavy atom. The first-order valence-corrected chi connectivity index (χ1v) is 6.30. The molecule has 0 atom stereocenters. The minimum atomic E-state index is -0.222. The van der Waals surface area contributed by atoms with E-state index in [2.05, 4.69) is 15.5 Å². The average Bonchev–Trinajstić information content (AvgIpc) is 3.14. The van der Waals surface area contributed by atoms with Crippen molar-refractivity contribution in [1.82, 2.24) is 14.6 Å². The van der Waals surface area contributed by atoms with Crippen molar-refractivity contribution >= 4 is 17.2 Å². The number of benzene rings is 1. The van der Waals surface area contributed by atoms with Crippen molar-refractivity contribution in [3.63, 3.8) is 0 Å². The Labute approximate surface area is 119 Å². The van der Waals surface area contributed by atoms with Gasteiger partial charge in [-0.2, -0.15) is 0 Å². The summed E-state index contributed by atoms with van der Waals surface area (Å²) in [6.45, 7) is 0.185. The number of nitrogens with zero attached hydrogens (tertiary/aromatic N) is 3. The number of hydrogen-bond donors (Lipinski definition) is 1. The molecule has 1 aliphatic heterocycles. The molecule has 7 nitrogen and oxygen atoms in total. The van der Waals surface area contributed by atoms with E-state index in [-0.39, 0.29) is 12.7 Å². The molecule has 104 valence electrons. The highest BCUT2D eigenvalue weighted by Gasteiger charge is 2.16. The second-order valence-electron chi connectivity index (χ2n) is 4.54. The van der Waals surface area contributed by atoms with Crippen LogP contribution >= 0.6 is 0 Å². The molecule has 7 heteroatoms. The number of carbonyl (C=O) groups is 1. The first kappa shape index (κ1) is 11.7. The van der Waals surface area contributed by atoms with Crippen LogP contribution in [0.2, 0.25) is 0 Å². The van der Waals surface area contributed by atoms with E-state index in [0.717, 1.165) is 5.65 Å². The van der Waals surface area contributed by atoms with Crippen LogP contribution in [0, 0.1) is 0 Å². The zero-order valence-electron chi connectivity index (χ0n) is 10.8. The van der Waals surface area contributed by atoms with Crippen LogP contribution in [0.3, 0.4) is 0 Å². The molecule has 3 heterocycles. The molecular weight excluding hydrogens is 272 g/mol. The fourth-order valence-electron chi connectivity index (χ4n) is 2.14. The maximum atomic E-state index is 12.2. The molecule has 0 aliphatic carbocycles. The van der Waals surface area contributed by atoms with Gasteiger partial charge in [0.05, 0.1) is 5.69 Å². The molecule has 0 fully saturated rings. The molecule has 2 aromatic heterocycles. The van der Waals surface area contributed by atoms with Crippen LogP contribution in [0.4, 0.5) is 5.69 Å². The molecule has 3 aromatic rings. The summed E-state index contributed by atoms with van der Waals surface area (Å²) < 4.78 is 12.2. The Hall–Kier alpha value is -3.09. The van der Waals surface area contributed by atoms with Gasteiger partial charge >= 0.3 is 0 Å². The topological polar surface area (TPSA) is 77.8 Å². The van der Waals surface area contributed by atoms with Gasteiger partial charge in [-0.15, -0.1) is 10.2 Å². The number of nitrogens with one attached hydrogen (secondary N) is 1. The van der Waals surface area contributed by atoms with E-state index < -0.39 is 0 Å². The quantitative estimate of drug-likeness (QED) is 0.774. The molecule has 0 bridgehead atoms. The Morgan fingerprint density at radius 2 is 2.10 bits per heavy atom. The molecule has 0 unspecified atom stereocenters. The molecular formula is C14H10N4O3. The summed E-state index contributed by atoms with van der Waals surface area (Å²) in [6, 6.07) is 8.63. The van der Waals surface area contributed by atoms with Crippen LogP contribution in [0.1, 0.15) is 10.4 Å². The van der Waals surface area contributed by atoms with E-state index in [0.29, 0.717) is 22.7 Å². The lowest BCUT2D eigenvalue weighted by molar-refractivity contribution is 0.102. The fourth-order valence-corrected chi connectivity index (χ4v) is 2.14. The summed E-state index contributed by atoms with van der Waals surface area (Å²) in [5, 5.41) is 10.5. The highest BCUT2D eigenvalue weighted by molar-refractivity contribution is 6.04. The van der Waals surface area contributed by atoms with Crippen LogP contribution in [-0.4, -0.2) is 27.3 Å². The van der Waals surface area contributed by atoms with Crippen molar-refractivity contribution < 1.29 is 14.3 Å². The first-order chi connectivity index (χ1) is 10.3. The molecule has 1 aromatic carbocycles. The fraction of sp³-hybridized carbons (Fsp3) is 0.0714. The Balaban J connectivity index is 1.59. The summed E-state index contributed by atoms with van der Waals surface area (Å²) in [5.41, 5.74) is 1.88. The van der Waals surface area contributed by atoms with Crippen molar-refractivity contribution in [2.45, 2.75) is 0 Å². The van der Waals surface area contributed by atoms with Gasteiger partial charge in [-0.25, -0.2) is 0 Å². The average molecular weight is 282 g/mol. The molecule has 0 saturated heterocycles. The lowest BCUT2D eigenvalue weighted by Gasteiger charge is -2.06. The minimum absolute atomic E-state index is 0.185. The summed E-state index contributed by atoms with van der Waals surface area (Å²) in [6.07, 6.45) is 3.33. The summed E-state index contributed by atoms with van der Waals surface area (Å²) >= 11 is 0. The molecule has 21 heavy (non-hydrogen) atoms. The van der Waals surface area contributed by atoms with Gasteiger partial charge in [0.15, 0.2) is 17.1 Å². The third-order valence-corrected chi connectivity index (χ3v) is 3.18. The summed E-state index contributed by atoms with van der Waals surface area (Å²) in [7, 11) is 0. The number of fused-ring (bicyclic) bond motifs is 2. The molecule has 0 spiro atoms. The molecule has 4 rings (SSSR count). The van der Waals surface area contributed by atoms with Crippen molar-refractivity contribution in [2.75, 3.05) is 12.1 Å². The van der Waals surface area contributed by atoms with Gasteiger partial charge < -0.3 is 14.8 Å². The predicted octanol–water partition coefficient (Wildman–Crippen LogP) is 1.71. The number of rotatable bonds is 2. The first-order valence-electron chi connectivity index (χ1n) is 6.30. The van der Waals surface area contributed by atoms with Crippen LogP contribution in [-0.2, 0) is 0 Å². The Kier molecular flexibility index (Phi) is 2.50. The van der Waals surface area contributed by atoms with Crippen molar-refractivity contribution in [3.8, 4) is 11.5 Å². The summed E-state index contributed by atoms with van der Waals surface area (Å²) in [4.78, 5) is 12.2. The zero-order chi connectivity index (χ0) is 14.2. The molecule has 1 aliphatic rings. The number of amides is 1. The van der Waals surface area contributed by atoms with Gasteiger partial charge in [0.1, 0.15) is 6.33 Å². The van der Waals surface area contributed by atoms with Gasteiger partial charge in [-0.1, -0.05) is 0 Å². The van der Waals surface area contributed by atoms with Crippen LogP contribution < -0.4 is 14.8 Å². The third-order valence-electron chi connectivity index (χ3n) is 3.18. The largest absolute Gasteiger partial charge is 0.454 e. The van der Waals surface area contributed by atoms with Crippen molar-refractivity contribution in [1.29, 1.82) is 0 Å². The maximum absolute atomic E-state index is 12.2. The van der Waals surface area contributed by atoms with Gasteiger partial charge in [0.2, 0.25) is 6.79 Å². The van der Waals surface area contributed by atoms with Crippen LogP contribution in [0.5, 0.6) is 11.5 Å². The van der Waals surface area contributed by atoms with Gasteiger partial charge in [0, 0.05) is 11.8 Å². The van der Waals surface area contributed by atoms with E-state index in [1.165, 1.54) is 0 Å². The molecule has 1 N–H and O–H groups in total. The highest BCUT2D eigenvalue weighted by Crippen LogP contribution is 2.32. The SMILES string of the molecule is O=C(Nc1ccc2nncn2c1)c1ccc2c(c1)OCO2. The van der Waals surface area contributed by atoms with Gasteiger partial charge in [-0.3, -0.25) is 9.20 Å². The Bertz CT molecular complexity index is 843. The second-order valence-corrected chi connectivity index (χ2v) is 4.54. The standard InChI is InChI=1S/C14H10N4O3/c19-14(9-1-3-11-12(5-9)21-8-20-11)16-10-2-4-13-17-15-7-18(13)6-10/h1-7H,8H2,(H,16,19). The van der Waals surface area contributed by atoms with Crippen LogP contribution in [0.15, 0.2) is 42.9 Å². The number of hydrogen-bond acceptors (Lipinski definition) is 5. The lowest BCUT2D eigenvalue weighted by Crippen LogP contribution is -2.12. The number of pyridine rings is 1. The smallest absolute Gasteiger partial charge is 0.255 e. The third kappa shape index (κ3) is 2.04. The summed E-state index contributed by atoms with van der Waals surface area (Å²) in [5.74, 6) is 1.01. The van der Waals surface area contributed by atoms with Crippen molar-refractivity contribution in [2.24, 2.45) is 0 Å². The minimum Gasteiger partial charge on any atom is -0.454 e. The number of ether oxygens (including phenoxy) is 2. The van der Waals surface area contributed by atoms with E-state index in [1.54, 1.807) is 47.3 Å². The van der Waals surface area contributed by atoms with E-state index in [1.807, 2.05) is 0 Å². The van der Waals surface area contributed by atoms with E-state index >= 15 is 0 Å². The lowest BCUT2D eigenvalue weighted by atomic mass is 10.2.